The molecule has 0 saturated carbocycles. The normalized spacial score (nSPS) is 11.9. The van der Waals surface area contributed by atoms with Crippen LogP contribution in [0.4, 0.5) is 5.69 Å². The number of benzene rings is 2. The number of rotatable bonds is 5. The summed E-state index contributed by atoms with van der Waals surface area (Å²) in [5.74, 6) is -0.940. The molecule has 0 fully saturated rings. The predicted octanol–water partition coefficient (Wildman–Crippen LogP) is 4.10. The Morgan fingerprint density at radius 3 is 2.45 bits per heavy atom. The Bertz CT molecular complexity index is 602. The van der Waals surface area contributed by atoms with Crippen molar-refractivity contribution in [2.24, 2.45) is 0 Å². The van der Waals surface area contributed by atoms with Gasteiger partial charge in [-0.3, -0.25) is 0 Å². The van der Waals surface area contributed by atoms with E-state index in [9.17, 15) is 9.90 Å². The molecule has 0 amide bonds. The van der Waals surface area contributed by atoms with Crippen LogP contribution in [0.5, 0.6) is 0 Å². The van der Waals surface area contributed by atoms with Crippen molar-refractivity contribution in [1.29, 1.82) is 0 Å². The molecule has 2 aromatic carbocycles. The second-order valence-electron chi connectivity index (χ2n) is 4.33. The molecule has 20 heavy (non-hydrogen) atoms. The molecule has 0 aliphatic rings. The van der Waals surface area contributed by atoms with Crippen molar-refractivity contribution in [2.75, 3.05) is 5.32 Å². The fraction of sp³-hybridized carbons (Fsp3) is 0.133. The van der Waals surface area contributed by atoms with Gasteiger partial charge in [-0.1, -0.05) is 59.6 Å². The van der Waals surface area contributed by atoms with Gasteiger partial charge in [0.05, 0.1) is 15.7 Å². The van der Waals surface area contributed by atoms with Crippen molar-refractivity contribution < 1.29 is 9.90 Å². The lowest BCUT2D eigenvalue weighted by Gasteiger charge is -2.17. The highest BCUT2D eigenvalue weighted by Crippen LogP contribution is 2.30. The Labute approximate surface area is 127 Å². The van der Waals surface area contributed by atoms with Gasteiger partial charge in [-0.15, -0.1) is 0 Å². The highest BCUT2D eigenvalue weighted by atomic mass is 35.5. The maximum absolute atomic E-state index is 11.4. The van der Waals surface area contributed by atoms with Gasteiger partial charge < -0.3 is 10.4 Å². The van der Waals surface area contributed by atoms with E-state index in [-0.39, 0.29) is 0 Å². The van der Waals surface area contributed by atoms with E-state index in [1.165, 1.54) is 0 Å². The molecule has 2 N–H and O–H groups in total. The van der Waals surface area contributed by atoms with E-state index in [2.05, 4.69) is 5.32 Å². The number of hydrogen-bond acceptors (Lipinski definition) is 2. The first-order valence-electron chi connectivity index (χ1n) is 6.05. The van der Waals surface area contributed by atoms with E-state index in [4.69, 9.17) is 23.2 Å². The quantitative estimate of drug-likeness (QED) is 0.874. The third-order valence-corrected chi connectivity index (χ3v) is 3.68. The van der Waals surface area contributed by atoms with Crippen LogP contribution >= 0.6 is 23.2 Å². The molecule has 1 unspecified atom stereocenters. The van der Waals surface area contributed by atoms with Gasteiger partial charge in [-0.05, 0) is 17.7 Å². The Kier molecular flexibility index (Phi) is 4.88. The summed E-state index contributed by atoms with van der Waals surface area (Å²) in [6.07, 6.45) is 0.360. The average molecular weight is 310 g/mol. The molecule has 0 saturated heterocycles. The van der Waals surface area contributed by atoms with Crippen molar-refractivity contribution in [3.63, 3.8) is 0 Å². The van der Waals surface area contributed by atoms with Gasteiger partial charge in [0.2, 0.25) is 0 Å². The van der Waals surface area contributed by atoms with Crippen molar-refractivity contribution >= 4 is 34.9 Å². The van der Waals surface area contributed by atoms with Gasteiger partial charge >= 0.3 is 5.97 Å². The molecular formula is C15H13Cl2NO2. The van der Waals surface area contributed by atoms with E-state index in [0.29, 0.717) is 22.2 Å². The second-order valence-corrected chi connectivity index (χ2v) is 5.11. The fourth-order valence-electron chi connectivity index (χ4n) is 1.85. The molecule has 3 nitrogen and oxygen atoms in total. The minimum atomic E-state index is -0.940. The fourth-order valence-corrected chi connectivity index (χ4v) is 2.21. The summed E-state index contributed by atoms with van der Waals surface area (Å²) in [6, 6.07) is 13.7. The minimum Gasteiger partial charge on any atom is -0.480 e. The molecule has 0 aliphatic heterocycles. The van der Waals surface area contributed by atoms with Gasteiger partial charge in [-0.25, -0.2) is 4.79 Å². The van der Waals surface area contributed by atoms with E-state index in [1.807, 2.05) is 30.3 Å². The summed E-state index contributed by atoms with van der Waals surface area (Å²) in [5.41, 5.74) is 1.45. The summed E-state index contributed by atoms with van der Waals surface area (Å²) in [4.78, 5) is 11.4. The molecule has 0 radical (unpaired) electrons. The molecule has 0 aromatic heterocycles. The Balaban J connectivity index is 2.18. The lowest BCUT2D eigenvalue weighted by atomic mass is 10.1. The lowest BCUT2D eigenvalue weighted by Crippen LogP contribution is -2.31. The average Bonchev–Trinajstić information content (AvgIpc) is 2.44. The second kappa shape index (κ2) is 6.64. The third-order valence-electron chi connectivity index (χ3n) is 2.86. The number of carboxylic acid groups (broad SMARTS) is 1. The van der Waals surface area contributed by atoms with Crippen LogP contribution in [0.25, 0.3) is 0 Å². The maximum atomic E-state index is 11.4. The van der Waals surface area contributed by atoms with Crippen LogP contribution in [-0.2, 0) is 11.2 Å². The number of aliphatic carboxylic acids is 1. The largest absolute Gasteiger partial charge is 0.480 e. The monoisotopic (exact) mass is 309 g/mol. The number of carboxylic acids is 1. The first kappa shape index (κ1) is 14.7. The molecule has 0 bridgehead atoms. The van der Waals surface area contributed by atoms with Crippen molar-refractivity contribution in [1.82, 2.24) is 0 Å². The van der Waals surface area contributed by atoms with Crippen LogP contribution in [0, 0.1) is 0 Å². The SMILES string of the molecule is O=C(O)C(Cc1ccccc1)Nc1cccc(Cl)c1Cl. The standard InChI is InChI=1S/C15H13Cl2NO2/c16-11-7-4-8-12(14(11)17)18-13(15(19)20)9-10-5-2-1-3-6-10/h1-8,13,18H,9H2,(H,19,20). The van der Waals surface area contributed by atoms with Crippen LogP contribution in [0.15, 0.2) is 48.5 Å². The van der Waals surface area contributed by atoms with Crippen molar-refractivity contribution in [3.8, 4) is 0 Å². The van der Waals surface area contributed by atoms with Gasteiger partial charge in [0.1, 0.15) is 6.04 Å². The van der Waals surface area contributed by atoms with Crippen molar-refractivity contribution in [2.45, 2.75) is 12.5 Å². The Hall–Kier alpha value is -1.71. The minimum absolute atomic E-state index is 0.327. The summed E-state index contributed by atoms with van der Waals surface area (Å²) >= 11 is 12.0. The molecular weight excluding hydrogens is 297 g/mol. The van der Waals surface area contributed by atoms with E-state index < -0.39 is 12.0 Å². The van der Waals surface area contributed by atoms with E-state index in [0.717, 1.165) is 5.56 Å². The number of halogens is 2. The zero-order valence-electron chi connectivity index (χ0n) is 10.5. The number of anilines is 1. The Morgan fingerprint density at radius 2 is 1.80 bits per heavy atom. The van der Waals surface area contributed by atoms with E-state index in [1.54, 1.807) is 18.2 Å². The van der Waals surface area contributed by atoms with Crippen LogP contribution in [0.2, 0.25) is 10.0 Å². The molecule has 2 rings (SSSR count). The van der Waals surface area contributed by atoms with Gasteiger partial charge in [0, 0.05) is 6.42 Å². The molecule has 0 aliphatic carbocycles. The first-order valence-corrected chi connectivity index (χ1v) is 6.81. The number of carbonyl (C=O) groups is 1. The smallest absolute Gasteiger partial charge is 0.326 e. The highest BCUT2D eigenvalue weighted by molar-refractivity contribution is 6.43. The maximum Gasteiger partial charge on any atom is 0.326 e. The molecule has 104 valence electrons. The molecule has 5 heteroatoms. The Morgan fingerprint density at radius 1 is 1.10 bits per heavy atom. The summed E-state index contributed by atoms with van der Waals surface area (Å²) in [5, 5.41) is 13.0. The van der Waals surface area contributed by atoms with E-state index >= 15 is 0 Å². The first-order chi connectivity index (χ1) is 9.58. The number of hydrogen-bond donors (Lipinski definition) is 2. The third kappa shape index (κ3) is 3.65. The summed E-state index contributed by atoms with van der Waals surface area (Å²) in [7, 11) is 0. The zero-order chi connectivity index (χ0) is 14.5. The van der Waals surface area contributed by atoms with Crippen molar-refractivity contribution in [3.05, 3.63) is 64.1 Å². The van der Waals surface area contributed by atoms with Crippen LogP contribution in [-0.4, -0.2) is 17.1 Å². The highest BCUT2D eigenvalue weighted by Gasteiger charge is 2.19. The molecule has 0 spiro atoms. The van der Waals surface area contributed by atoms with Gasteiger partial charge in [0.15, 0.2) is 0 Å². The molecule has 1 atom stereocenters. The summed E-state index contributed by atoms with van der Waals surface area (Å²) < 4.78 is 0. The molecule has 2 aromatic rings. The number of nitrogens with one attached hydrogen (secondary N) is 1. The zero-order valence-corrected chi connectivity index (χ0v) is 12.0. The summed E-state index contributed by atoms with van der Waals surface area (Å²) in [6.45, 7) is 0. The van der Waals surface area contributed by atoms with Crippen LogP contribution in [0.1, 0.15) is 5.56 Å². The predicted molar refractivity (Wildman–Crippen MR) is 81.7 cm³/mol. The topological polar surface area (TPSA) is 49.3 Å². The van der Waals surface area contributed by atoms with Gasteiger partial charge in [-0.2, -0.15) is 0 Å². The van der Waals surface area contributed by atoms with Crippen LogP contribution in [0.3, 0.4) is 0 Å². The molecule has 0 heterocycles. The van der Waals surface area contributed by atoms with Crippen LogP contribution < -0.4 is 5.32 Å². The van der Waals surface area contributed by atoms with Gasteiger partial charge in [0.25, 0.3) is 0 Å². The lowest BCUT2D eigenvalue weighted by molar-refractivity contribution is -0.137.